The maximum atomic E-state index is 6.15. The maximum absolute atomic E-state index is 6.15. The van der Waals surface area contributed by atoms with Crippen LogP contribution in [-0.2, 0) is 4.43 Å². The third kappa shape index (κ3) is 5.87. The molecule has 160 valence electrons. The number of aryl methyl sites for hydroxylation is 1. The van der Waals surface area contributed by atoms with Crippen molar-refractivity contribution < 1.29 is 9.16 Å². The number of aromatic nitrogens is 3. The smallest absolute Gasteiger partial charge is 0.230 e. The molecule has 0 radical (unpaired) electrons. The van der Waals surface area contributed by atoms with Crippen LogP contribution in [0.25, 0.3) is 10.4 Å². The first-order chi connectivity index (χ1) is 14.1. The number of hydrogen-bond donors (Lipinski definition) is 1. The van der Waals surface area contributed by atoms with E-state index in [1.54, 1.807) is 23.6 Å². The van der Waals surface area contributed by atoms with Gasteiger partial charge in [-0.1, -0.05) is 26.8 Å². The van der Waals surface area contributed by atoms with Crippen LogP contribution in [0.1, 0.15) is 26.3 Å². The molecule has 0 fully saturated rings. The van der Waals surface area contributed by atoms with Crippen LogP contribution >= 0.6 is 11.3 Å². The highest BCUT2D eigenvalue weighted by molar-refractivity contribution is 7.13. The molecule has 0 saturated heterocycles. The van der Waals surface area contributed by atoms with Crippen molar-refractivity contribution in [1.29, 1.82) is 0 Å². The van der Waals surface area contributed by atoms with E-state index in [9.17, 15) is 0 Å². The zero-order chi connectivity index (χ0) is 21.8. The monoisotopic (exact) mass is 442 g/mol. The largest absolute Gasteiger partial charge is 0.475 e. The Morgan fingerprint density at radius 2 is 1.93 bits per heavy atom. The molecule has 0 aliphatic heterocycles. The number of nitrogens with zero attached hydrogens (tertiary/aromatic N) is 3. The van der Waals surface area contributed by atoms with Crippen molar-refractivity contribution in [3.05, 3.63) is 47.7 Å². The SMILES string of the molecule is Cc1cc(Nc2nccc(OCCO[Si](C)(C)C(C)(C)C)n2)cc(-c2cncs2)c1. The molecule has 0 spiro atoms. The number of thiazole rings is 1. The van der Waals surface area contributed by atoms with Gasteiger partial charge in [-0.25, -0.2) is 4.98 Å². The Morgan fingerprint density at radius 1 is 1.13 bits per heavy atom. The Balaban J connectivity index is 1.61. The highest BCUT2D eigenvalue weighted by Gasteiger charge is 2.36. The van der Waals surface area contributed by atoms with Crippen molar-refractivity contribution in [2.45, 2.75) is 45.8 Å². The highest BCUT2D eigenvalue weighted by atomic mass is 32.1. The molecular weight excluding hydrogens is 412 g/mol. The Bertz CT molecular complexity index is 972. The van der Waals surface area contributed by atoms with Gasteiger partial charge in [-0.15, -0.1) is 11.3 Å². The first-order valence-corrected chi connectivity index (χ1v) is 13.8. The second-order valence-electron chi connectivity index (χ2n) is 8.75. The van der Waals surface area contributed by atoms with Crippen molar-refractivity contribution in [2.24, 2.45) is 0 Å². The summed E-state index contributed by atoms with van der Waals surface area (Å²) >= 11 is 1.62. The third-order valence-corrected chi connectivity index (χ3v) is 10.6. The van der Waals surface area contributed by atoms with Crippen LogP contribution < -0.4 is 10.1 Å². The lowest BCUT2D eigenvalue weighted by atomic mass is 10.1. The van der Waals surface area contributed by atoms with Crippen LogP contribution in [0.5, 0.6) is 5.88 Å². The summed E-state index contributed by atoms with van der Waals surface area (Å²) in [4.78, 5) is 14.1. The van der Waals surface area contributed by atoms with E-state index in [1.807, 2.05) is 11.7 Å². The lowest BCUT2D eigenvalue weighted by Crippen LogP contribution is -2.41. The minimum absolute atomic E-state index is 0.185. The van der Waals surface area contributed by atoms with Crippen LogP contribution in [0.3, 0.4) is 0 Å². The molecule has 0 saturated carbocycles. The van der Waals surface area contributed by atoms with E-state index >= 15 is 0 Å². The normalized spacial score (nSPS) is 12.1. The summed E-state index contributed by atoms with van der Waals surface area (Å²) in [5.74, 6) is 1.03. The fraction of sp³-hybridized carbons (Fsp3) is 0.409. The molecule has 1 N–H and O–H groups in total. The molecule has 8 heteroatoms. The molecule has 1 aromatic carbocycles. The summed E-state index contributed by atoms with van der Waals surface area (Å²) in [6.45, 7) is 14.3. The minimum Gasteiger partial charge on any atom is -0.475 e. The summed E-state index contributed by atoms with van der Waals surface area (Å²) in [6, 6.07) is 8.04. The standard InChI is InChI=1S/C22H30N4O2SSi/c1-16-11-17(19-14-23-15-29-19)13-18(12-16)25-21-24-8-7-20(26-21)27-9-10-28-30(5,6)22(2,3)4/h7-8,11-15H,9-10H2,1-6H3,(H,24,25,26). The summed E-state index contributed by atoms with van der Waals surface area (Å²) in [5.41, 5.74) is 5.04. The van der Waals surface area contributed by atoms with Crippen molar-refractivity contribution in [3.8, 4) is 16.3 Å². The molecule has 6 nitrogen and oxygen atoms in total. The van der Waals surface area contributed by atoms with Gasteiger partial charge in [-0.2, -0.15) is 4.98 Å². The molecule has 0 bridgehead atoms. The lowest BCUT2D eigenvalue weighted by molar-refractivity contribution is 0.199. The van der Waals surface area contributed by atoms with Gasteiger partial charge < -0.3 is 14.5 Å². The molecule has 0 atom stereocenters. The Kier molecular flexibility index (Phi) is 6.90. The van der Waals surface area contributed by atoms with Gasteiger partial charge in [0.05, 0.1) is 17.0 Å². The molecule has 0 aliphatic rings. The van der Waals surface area contributed by atoms with Crippen molar-refractivity contribution >= 4 is 31.3 Å². The quantitative estimate of drug-likeness (QED) is 0.338. The van der Waals surface area contributed by atoms with E-state index in [0.29, 0.717) is 25.0 Å². The fourth-order valence-electron chi connectivity index (χ4n) is 2.63. The van der Waals surface area contributed by atoms with Crippen LogP contribution in [0, 0.1) is 6.92 Å². The Morgan fingerprint density at radius 3 is 2.63 bits per heavy atom. The van der Waals surface area contributed by atoms with Crippen molar-refractivity contribution in [1.82, 2.24) is 15.0 Å². The average Bonchev–Trinajstić information content (AvgIpc) is 3.19. The highest BCUT2D eigenvalue weighted by Crippen LogP contribution is 2.36. The van der Waals surface area contributed by atoms with E-state index in [-0.39, 0.29) is 5.04 Å². The number of benzene rings is 1. The number of rotatable bonds is 8. The van der Waals surface area contributed by atoms with Crippen LogP contribution in [0.15, 0.2) is 42.2 Å². The van der Waals surface area contributed by atoms with E-state index in [4.69, 9.17) is 9.16 Å². The molecule has 0 amide bonds. The fourth-order valence-corrected chi connectivity index (χ4v) is 4.26. The molecule has 3 rings (SSSR count). The average molecular weight is 443 g/mol. The summed E-state index contributed by atoms with van der Waals surface area (Å²) in [7, 11) is -1.77. The summed E-state index contributed by atoms with van der Waals surface area (Å²) in [5, 5.41) is 3.47. The van der Waals surface area contributed by atoms with Gasteiger partial charge >= 0.3 is 0 Å². The predicted molar refractivity (Wildman–Crippen MR) is 126 cm³/mol. The van der Waals surface area contributed by atoms with Gasteiger partial charge in [0.2, 0.25) is 11.8 Å². The second kappa shape index (κ2) is 9.24. The van der Waals surface area contributed by atoms with E-state index in [1.165, 1.54) is 0 Å². The maximum Gasteiger partial charge on any atom is 0.230 e. The molecule has 2 aromatic heterocycles. The topological polar surface area (TPSA) is 69.2 Å². The molecule has 0 aliphatic carbocycles. The van der Waals surface area contributed by atoms with Gasteiger partial charge in [-0.3, -0.25) is 4.98 Å². The number of anilines is 2. The zero-order valence-corrected chi connectivity index (χ0v) is 20.3. The lowest BCUT2D eigenvalue weighted by Gasteiger charge is -2.36. The number of ether oxygens (including phenoxy) is 1. The summed E-state index contributed by atoms with van der Waals surface area (Å²) in [6.07, 6.45) is 3.57. The Labute approximate surface area is 183 Å². The summed E-state index contributed by atoms with van der Waals surface area (Å²) < 4.78 is 12.0. The van der Waals surface area contributed by atoms with E-state index in [2.05, 4.69) is 79.3 Å². The zero-order valence-electron chi connectivity index (χ0n) is 18.5. The van der Waals surface area contributed by atoms with Gasteiger partial charge in [0, 0.05) is 24.1 Å². The van der Waals surface area contributed by atoms with Crippen molar-refractivity contribution in [2.75, 3.05) is 18.5 Å². The number of hydrogen-bond acceptors (Lipinski definition) is 7. The predicted octanol–water partition coefficient (Wildman–Crippen LogP) is 6.05. The van der Waals surface area contributed by atoms with Crippen LogP contribution in [0.4, 0.5) is 11.6 Å². The van der Waals surface area contributed by atoms with E-state index < -0.39 is 8.32 Å². The molecular formula is C22H30N4O2SSi. The van der Waals surface area contributed by atoms with E-state index in [0.717, 1.165) is 21.7 Å². The van der Waals surface area contributed by atoms with Gasteiger partial charge in [-0.05, 0) is 48.3 Å². The number of nitrogens with one attached hydrogen (secondary N) is 1. The molecule has 2 heterocycles. The third-order valence-electron chi connectivity index (χ3n) is 5.28. The molecule has 0 unspecified atom stereocenters. The van der Waals surface area contributed by atoms with Crippen LogP contribution in [-0.4, -0.2) is 36.5 Å². The Hall–Kier alpha value is -2.29. The molecule has 3 aromatic rings. The first kappa shape index (κ1) is 22.4. The van der Waals surface area contributed by atoms with Crippen molar-refractivity contribution in [3.63, 3.8) is 0 Å². The van der Waals surface area contributed by atoms with Gasteiger partial charge in [0.15, 0.2) is 8.32 Å². The minimum atomic E-state index is -1.77. The van der Waals surface area contributed by atoms with Gasteiger partial charge in [0.1, 0.15) is 6.61 Å². The van der Waals surface area contributed by atoms with Gasteiger partial charge in [0.25, 0.3) is 0 Å². The second-order valence-corrected chi connectivity index (χ2v) is 14.4. The van der Waals surface area contributed by atoms with Crippen LogP contribution in [0.2, 0.25) is 18.1 Å². The molecule has 30 heavy (non-hydrogen) atoms. The first-order valence-electron chi connectivity index (χ1n) is 10.0.